The van der Waals surface area contributed by atoms with E-state index in [4.69, 9.17) is 15.0 Å². The molecule has 1 aliphatic carbocycles. The van der Waals surface area contributed by atoms with Crippen LogP contribution in [0.5, 0.6) is 0 Å². The number of nitrogens with zero attached hydrogens (tertiary/aromatic N) is 3. The van der Waals surface area contributed by atoms with Crippen molar-refractivity contribution in [3.8, 4) is 0 Å². The molecule has 0 saturated carbocycles. The van der Waals surface area contributed by atoms with E-state index in [9.17, 15) is 0 Å². The normalized spacial score (nSPS) is 13.6. The van der Waals surface area contributed by atoms with Crippen LogP contribution in [-0.4, -0.2) is 16.4 Å². The first-order valence-electron chi connectivity index (χ1n) is 12.8. The molecule has 39 heavy (non-hydrogen) atoms. The fourth-order valence-electron chi connectivity index (χ4n) is 5.45. The van der Waals surface area contributed by atoms with E-state index in [0.717, 1.165) is 71.0 Å². The van der Waals surface area contributed by atoms with E-state index >= 15 is 0 Å². The number of para-hydroxylation sites is 2. The Hall–Kier alpha value is -3.42. The van der Waals surface area contributed by atoms with Crippen LogP contribution in [0.1, 0.15) is 33.6 Å². The molecule has 7 rings (SSSR count). The van der Waals surface area contributed by atoms with Crippen molar-refractivity contribution in [2.24, 2.45) is 9.98 Å². The second kappa shape index (κ2) is 12.2. The van der Waals surface area contributed by atoms with E-state index in [1.807, 2.05) is 0 Å². The van der Waals surface area contributed by atoms with Crippen molar-refractivity contribution in [3.63, 3.8) is 0 Å². The molecule has 0 fully saturated rings. The minimum Gasteiger partial charge on any atom is -0.258 e. The maximum absolute atomic E-state index is 5.32. The summed E-state index contributed by atoms with van der Waals surface area (Å²) in [6.07, 6.45) is 3.58. The monoisotopic (exact) mass is 619 g/mol. The van der Waals surface area contributed by atoms with E-state index in [0.29, 0.717) is 0 Å². The maximum atomic E-state index is 5.32. The molecule has 4 aromatic carbocycles. The molecule has 0 unspecified atom stereocenters. The summed E-state index contributed by atoms with van der Waals surface area (Å²) in [7, 11) is 4.49. The van der Waals surface area contributed by atoms with Crippen LogP contribution < -0.4 is 0 Å². The van der Waals surface area contributed by atoms with Crippen LogP contribution in [0.25, 0.3) is 10.8 Å². The summed E-state index contributed by atoms with van der Waals surface area (Å²) in [4.78, 5) is 15.6. The summed E-state index contributed by atoms with van der Waals surface area (Å²) >= 11 is 2.22. The number of aliphatic imine (C=N–C) groups is 2. The third-order valence-corrected chi connectivity index (χ3v) is 7.25. The van der Waals surface area contributed by atoms with Gasteiger partial charge in [0.05, 0.1) is 22.8 Å². The smallest absolute Gasteiger partial charge is 0.0978 e. The molecule has 2 heterocycles. The molecule has 0 radical (unpaired) electrons. The molecule has 0 N–H and O–H groups in total. The standard InChI is InChI=1S/C33H25N3.CH3.ClH.Pd/c1-3-16-29-22(8-1)18-20-25-12-7-13-26(34-25)21-19-23-9-2-4-17-30(23)36-33-28-15-6-11-24-10-5-14-27(31(24)28)32(33)35-29;;;/h1-17H,18-21H2;1H3;1H;/q;-1;;+2/p-1. The van der Waals surface area contributed by atoms with Crippen LogP contribution in [0.15, 0.2) is 113 Å². The van der Waals surface area contributed by atoms with Crippen molar-refractivity contribution in [1.82, 2.24) is 4.98 Å². The van der Waals surface area contributed by atoms with Crippen LogP contribution in [-0.2, 0) is 43.9 Å². The van der Waals surface area contributed by atoms with Crippen molar-refractivity contribution in [3.05, 3.63) is 144 Å². The first kappa shape index (κ1) is 27.2. The summed E-state index contributed by atoms with van der Waals surface area (Å²) in [6.45, 7) is 0. The van der Waals surface area contributed by atoms with Gasteiger partial charge in [0.2, 0.25) is 0 Å². The third kappa shape index (κ3) is 5.38. The summed E-state index contributed by atoms with van der Waals surface area (Å²) < 4.78 is 0. The van der Waals surface area contributed by atoms with Crippen LogP contribution in [0.4, 0.5) is 11.4 Å². The zero-order valence-corrected chi connectivity index (χ0v) is 24.0. The number of hydrogen-bond donors (Lipinski definition) is 0. The van der Waals surface area contributed by atoms with Gasteiger partial charge in [-0.3, -0.25) is 4.98 Å². The van der Waals surface area contributed by atoms with Gasteiger partial charge in [0.15, 0.2) is 0 Å². The van der Waals surface area contributed by atoms with Crippen molar-refractivity contribution in [2.75, 3.05) is 0 Å². The molecule has 5 heteroatoms. The number of aromatic nitrogens is 1. The van der Waals surface area contributed by atoms with Gasteiger partial charge in [0.25, 0.3) is 0 Å². The Morgan fingerprint density at radius 1 is 0.513 bits per heavy atom. The van der Waals surface area contributed by atoms with E-state index in [1.165, 1.54) is 21.9 Å². The fourth-order valence-corrected chi connectivity index (χ4v) is 5.45. The van der Waals surface area contributed by atoms with E-state index in [2.05, 4.69) is 131 Å². The Bertz CT molecular complexity index is 1590. The third-order valence-electron chi connectivity index (χ3n) is 7.25. The van der Waals surface area contributed by atoms with Crippen LogP contribution in [0, 0.1) is 7.43 Å². The molecule has 5 aromatic rings. The predicted molar refractivity (Wildman–Crippen MR) is 161 cm³/mol. The number of rotatable bonds is 0. The Morgan fingerprint density at radius 2 is 0.974 bits per heavy atom. The topological polar surface area (TPSA) is 37.6 Å². The molecule has 1 aliphatic heterocycles. The van der Waals surface area contributed by atoms with E-state index in [1.54, 1.807) is 0 Å². The van der Waals surface area contributed by atoms with Gasteiger partial charge in [-0.15, -0.1) is 0 Å². The molecule has 196 valence electrons. The minimum atomic E-state index is 0. The molecule has 0 saturated heterocycles. The van der Waals surface area contributed by atoms with Gasteiger partial charge in [0.1, 0.15) is 0 Å². The summed E-state index contributed by atoms with van der Waals surface area (Å²) in [5, 5.41) is 2.47. The second-order valence-electron chi connectivity index (χ2n) is 9.51. The SMILES string of the molecule is [CH3-].[Cl][Pd+].c1cc2nc(c1)CCc1ccccc1N=C1C(=Nc3ccccc3CC2)c2cccc3cccc1c23. The van der Waals surface area contributed by atoms with Crippen molar-refractivity contribution >= 4 is 43.1 Å². The van der Waals surface area contributed by atoms with Crippen LogP contribution in [0.3, 0.4) is 0 Å². The Morgan fingerprint density at radius 3 is 1.49 bits per heavy atom. The quantitative estimate of drug-likeness (QED) is 0.126. The van der Waals surface area contributed by atoms with Crippen molar-refractivity contribution < 1.29 is 18.2 Å². The van der Waals surface area contributed by atoms with Crippen molar-refractivity contribution in [1.29, 1.82) is 0 Å². The zero-order chi connectivity index (χ0) is 25.9. The number of halogens is 1. The zero-order valence-electron chi connectivity index (χ0n) is 21.7. The Balaban J connectivity index is 0.00000101. The summed E-state index contributed by atoms with van der Waals surface area (Å²) in [5.41, 5.74) is 11.0. The molecule has 0 amide bonds. The van der Waals surface area contributed by atoms with E-state index < -0.39 is 0 Å². The molecule has 0 spiro atoms. The number of aryl methyl sites for hydroxylation is 4. The van der Waals surface area contributed by atoms with Gasteiger partial charge < -0.3 is 7.43 Å². The van der Waals surface area contributed by atoms with Crippen molar-refractivity contribution in [2.45, 2.75) is 25.7 Å². The Labute approximate surface area is 245 Å². The fraction of sp³-hybridized carbons (Fsp3) is 0.118. The Kier molecular flexibility index (Phi) is 8.48. The van der Waals surface area contributed by atoms with Gasteiger partial charge in [-0.2, -0.15) is 0 Å². The number of fused-ring (bicyclic) bond motifs is 7. The predicted octanol–water partition coefficient (Wildman–Crippen LogP) is 8.51. The molecule has 2 bridgehead atoms. The van der Waals surface area contributed by atoms with Crippen LogP contribution in [0.2, 0.25) is 0 Å². The van der Waals surface area contributed by atoms with Gasteiger partial charge in [0, 0.05) is 27.9 Å². The molecular formula is C34H28ClN3Pd. The molecule has 1 aromatic heterocycles. The number of pyridine rings is 1. The molecular weight excluding hydrogens is 592 g/mol. The largest absolute Gasteiger partial charge is 0.258 e. The average Bonchev–Trinajstić information content (AvgIpc) is 3.26. The first-order valence-corrected chi connectivity index (χ1v) is 14.8. The molecule has 0 atom stereocenters. The number of benzene rings is 4. The van der Waals surface area contributed by atoms with E-state index in [-0.39, 0.29) is 7.43 Å². The second-order valence-corrected chi connectivity index (χ2v) is 9.51. The van der Waals surface area contributed by atoms with Gasteiger partial charge >= 0.3 is 27.7 Å². The molecule has 3 nitrogen and oxygen atoms in total. The van der Waals surface area contributed by atoms with Gasteiger partial charge in [-0.1, -0.05) is 78.9 Å². The average molecular weight is 620 g/mol. The number of hydrogen-bond acceptors (Lipinski definition) is 3. The van der Waals surface area contributed by atoms with Gasteiger partial charge in [-0.05, 0) is 66.5 Å². The van der Waals surface area contributed by atoms with Gasteiger partial charge in [-0.25, -0.2) is 9.98 Å². The maximum Gasteiger partial charge on any atom is 0.0978 e. The van der Waals surface area contributed by atoms with Crippen LogP contribution >= 0.6 is 9.53 Å². The summed E-state index contributed by atoms with van der Waals surface area (Å²) in [6, 6.07) is 36.4. The molecule has 2 aliphatic rings. The first-order chi connectivity index (χ1) is 18.8. The minimum absolute atomic E-state index is 0. The summed E-state index contributed by atoms with van der Waals surface area (Å²) in [5.74, 6) is 0.